The van der Waals surface area contributed by atoms with Crippen molar-refractivity contribution >= 4 is 48.9 Å². The molecule has 0 saturated carbocycles. The monoisotopic (exact) mass is 365 g/mol. The molecule has 0 saturated heterocycles. The van der Waals surface area contributed by atoms with Crippen molar-refractivity contribution in [3.05, 3.63) is 50.1 Å². The molecule has 1 heterocycles. The van der Waals surface area contributed by atoms with Crippen LogP contribution in [0.2, 0.25) is 5.02 Å². The minimum Gasteiger partial charge on any atom is -0.207 e. The quantitative estimate of drug-likeness (QED) is 0.898. The molecule has 18 heavy (non-hydrogen) atoms. The summed E-state index contributed by atoms with van der Waals surface area (Å²) in [4.78, 5) is 1.15. The van der Waals surface area contributed by atoms with Gasteiger partial charge in [0.15, 0.2) is 0 Å². The molecule has 7 heteroatoms. The lowest BCUT2D eigenvalue weighted by atomic mass is 10.4. The highest BCUT2D eigenvalue weighted by Crippen LogP contribution is 2.20. The van der Waals surface area contributed by atoms with E-state index in [2.05, 4.69) is 20.7 Å². The van der Waals surface area contributed by atoms with Crippen molar-refractivity contribution in [1.82, 2.24) is 4.72 Å². The van der Waals surface area contributed by atoms with Gasteiger partial charge in [0.2, 0.25) is 10.0 Å². The van der Waals surface area contributed by atoms with Crippen molar-refractivity contribution in [2.75, 3.05) is 0 Å². The van der Waals surface area contributed by atoms with Crippen molar-refractivity contribution in [3.63, 3.8) is 0 Å². The number of rotatable bonds is 4. The van der Waals surface area contributed by atoms with Gasteiger partial charge < -0.3 is 0 Å². The Morgan fingerprint density at radius 2 is 1.94 bits per heavy atom. The van der Waals surface area contributed by atoms with Crippen LogP contribution in [-0.4, -0.2) is 8.42 Å². The summed E-state index contributed by atoms with van der Waals surface area (Å²) in [5.41, 5.74) is 0. The molecule has 1 N–H and O–H groups in total. The number of hydrogen-bond donors (Lipinski definition) is 1. The fraction of sp³-hybridized carbons (Fsp3) is 0.0909. The van der Waals surface area contributed by atoms with Gasteiger partial charge in [0.25, 0.3) is 0 Å². The molecule has 0 aliphatic carbocycles. The molecule has 0 aliphatic rings. The summed E-state index contributed by atoms with van der Waals surface area (Å²) < 4.78 is 27.4. The van der Waals surface area contributed by atoms with Gasteiger partial charge in [-0.25, -0.2) is 13.1 Å². The van der Waals surface area contributed by atoms with E-state index >= 15 is 0 Å². The Labute approximate surface area is 123 Å². The van der Waals surface area contributed by atoms with Gasteiger partial charge in [-0.1, -0.05) is 11.6 Å². The lowest BCUT2D eigenvalue weighted by Crippen LogP contribution is -2.22. The van der Waals surface area contributed by atoms with Gasteiger partial charge in [0.05, 0.1) is 4.90 Å². The Kier molecular flexibility index (Phi) is 4.45. The van der Waals surface area contributed by atoms with Gasteiger partial charge >= 0.3 is 0 Å². The van der Waals surface area contributed by atoms with Gasteiger partial charge in [-0.3, -0.25) is 0 Å². The second-order valence-electron chi connectivity index (χ2n) is 3.51. The van der Waals surface area contributed by atoms with Crippen LogP contribution in [0.1, 0.15) is 4.88 Å². The zero-order chi connectivity index (χ0) is 13.2. The fourth-order valence-electron chi connectivity index (χ4n) is 1.31. The Morgan fingerprint density at radius 1 is 1.28 bits per heavy atom. The lowest BCUT2D eigenvalue weighted by molar-refractivity contribution is 0.582. The van der Waals surface area contributed by atoms with E-state index in [0.29, 0.717) is 5.02 Å². The maximum Gasteiger partial charge on any atom is 0.240 e. The minimum absolute atomic E-state index is 0.211. The van der Waals surface area contributed by atoms with Crippen molar-refractivity contribution in [2.45, 2.75) is 11.4 Å². The standard InChI is InChI=1S/C11H9BrClNO2S2/c12-8-5-10(17-7-8)6-14-18(15,16)11-3-1-9(13)2-4-11/h1-5,7,14H,6H2. The number of halogens is 2. The number of nitrogens with one attached hydrogen (secondary N) is 1. The Balaban J connectivity index is 2.10. The maximum absolute atomic E-state index is 12.0. The van der Waals surface area contributed by atoms with E-state index in [1.54, 1.807) is 12.1 Å². The van der Waals surface area contributed by atoms with Crippen LogP contribution in [0.5, 0.6) is 0 Å². The molecule has 0 amide bonds. The van der Waals surface area contributed by atoms with Gasteiger partial charge in [-0.2, -0.15) is 0 Å². The zero-order valence-electron chi connectivity index (χ0n) is 9.06. The molecule has 0 radical (unpaired) electrons. The van der Waals surface area contributed by atoms with Crippen LogP contribution < -0.4 is 4.72 Å². The molecule has 0 aliphatic heterocycles. The molecule has 2 aromatic rings. The number of benzene rings is 1. The summed E-state index contributed by atoms with van der Waals surface area (Å²) >= 11 is 10.5. The lowest BCUT2D eigenvalue weighted by Gasteiger charge is -2.05. The average Bonchev–Trinajstić information content (AvgIpc) is 2.73. The highest BCUT2D eigenvalue weighted by atomic mass is 79.9. The van der Waals surface area contributed by atoms with Gasteiger partial charge in [-0.05, 0) is 46.3 Å². The van der Waals surface area contributed by atoms with Crippen LogP contribution in [0, 0.1) is 0 Å². The van der Waals surface area contributed by atoms with Crippen LogP contribution in [0.25, 0.3) is 0 Å². The van der Waals surface area contributed by atoms with E-state index < -0.39 is 10.0 Å². The normalized spacial score (nSPS) is 11.7. The SMILES string of the molecule is O=S(=O)(NCc1cc(Br)cs1)c1ccc(Cl)cc1. The van der Waals surface area contributed by atoms with Crippen molar-refractivity contribution in [1.29, 1.82) is 0 Å². The topological polar surface area (TPSA) is 46.2 Å². The second-order valence-corrected chi connectivity index (χ2v) is 7.62. The van der Waals surface area contributed by atoms with Crippen LogP contribution in [-0.2, 0) is 16.6 Å². The van der Waals surface area contributed by atoms with Crippen LogP contribution in [0.4, 0.5) is 0 Å². The Morgan fingerprint density at radius 3 is 2.50 bits per heavy atom. The first kappa shape index (κ1) is 14.0. The van der Waals surface area contributed by atoms with Gasteiger partial charge in [0.1, 0.15) is 0 Å². The smallest absolute Gasteiger partial charge is 0.207 e. The summed E-state index contributed by atoms with van der Waals surface area (Å²) in [7, 11) is -3.48. The van der Waals surface area contributed by atoms with E-state index in [0.717, 1.165) is 9.35 Å². The summed E-state index contributed by atoms with van der Waals surface area (Å²) in [6, 6.07) is 7.95. The summed E-state index contributed by atoms with van der Waals surface area (Å²) in [5, 5.41) is 2.42. The highest BCUT2D eigenvalue weighted by Gasteiger charge is 2.13. The van der Waals surface area contributed by atoms with Crippen LogP contribution in [0.3, 0.4) is 0 Å². The van der Waals surface area contributed by atoms with E-state index in [9.17, 15) is 8.42 Å². The largest absolute Gasteiger partial charge is 0.240 e. The fourth-order valence-corrected chi connectivity index (χ4v) is 3.92. The molecule has 3 nitrogen and oxygen atoms in total. The van der Waals surface area contributed by atoms with Crippen LogP contribution >= 0.6 is 38.9 Å². The van der Waals surface area contributed by atoms with E-state index in [-0.39, 0.29) is 11.4 Å². The number of sulfonamides is 1. The molecular formula is C11H9BrClNO2S2. The summed E-state index contributed by atoms with van der Waals surface area (Å²) in [5.74, 6) is 0. The predicted octanol–water partition coefficient (Wildman–Crippen LogP) is 3.64. The van der Waals surface area contributed by atoms with E-state index in [1.807, 2.05) is 11.4 Å². The van der Waals surface area contributed by atoms with Gasteiger partial charge in [-0.15, -0.1) is 11.3 Å². The third-order valence-corrected chi connectivity index (χ3v) is 5.55. The van der Waals surface area contributed by atoms with Crippen molar-refractivity contribution in [2.24, 2.45) is 0 Å². The predicted molar refractivity (Wildman–Crippen MR) is 77.5 cm³/mol. The molecule has 0 bridgehead atoms. The first-order chi connectivity index (χ1) is 8.47. The molecule has 1 aromatic carbocycles. The third kappa shape index (κ3) is 3.55. The number of hydrogen-bond acceptors (Lipinski definition) is 3. The third-order valence-electron chi connectivity index (χ3n) is 2.18. The molecule has 1 aromatic heterocycles. The van der Waals surface area contributed by atoms with E-state index in [1.165, 1.54) is 23.5 Å². The first-order valence-corrected chi connectivity index (χ1v) is 8.49. The molecule has 0 spiro atoms. The molecule has 0 fully saturated rings. The minimum atomic E-state index is -3.48. The molecule has 0 unspecified atom stereocenters. The molecular weight excluding hydrogens is 358 g/mol. The molecule has 96 valence electrons. The average molecular weight is 367 g/mol. The second kappa shape index (κ2) is 5.71. The maximum atomic E-state index is 12.0. The van der Waals surface area contributed by atoms with Crippen molar-refractivity contribution in [3.8, 4) is 0 Å². The van der Waals surface area contributed by atoms with Gasteiger partial charge in [0, 0.05) is 26.3 Å². The first-order valence-electron chi connectivity index (χ1n) is 4.95. The summed E-state index contributed by atoms with van der Waals surface area (Å²) in [6.45, 7) is 0.279. The van der Waals surface area contributed by atoms with E-state index in [4.69, 9.17) is 11.6 Å². The van der Waals surface area contributed by atoms with Crippen molar-refractivity contribution < 1.29 is 8.42 Å². The zero-order valence-corrected chi connectivity index (χ0v) is 13.0. The molecule has 2 rings (SSSR count). The number of thiophene rings is 1. The Hall–Kier alpha value is -0.400. The highest BCUT2D eigenvalue weighted by molar-refractivity contribution is 9.10. The molecule has 0 atom stereocenters. The van der Waals surface area contributed by atoms with Crippen LogP contribution in [0.15, 0.2) is 45.1 Å². The Bertz CT molecular complexity index is 637. The summed E-state index contributed by atoms with van der Waals surface area (Å²) in [6.07, 6.45) is 0.